The van der Waals surface area contributed by atoms with Gasteiger partial charge in [-0.15, -0.1) is 0 Å². The van der Waals surface area contributed by atoms with Gasteiger partial charge in [-0.25, -0.2) is 9.07 Å². The van der Waals surface area contributed by atoms with Crippen molar-refractivity contribution >= 4 is 22.5 Å². The molecule has 9 nitrogen and oxygen atoms in total. The minimum Gasteiger partial charge on any atom is -0.491 e. The summed E-state index contributed by atoms with van der Waals surface area (Å²) < 4.78 is 35.5. The van der Waals surface area contributed by atoms with Crippen molar-refractivity contribution in [2.24, 2.45) is 7.05 Å². The van der Waals surface area contributed by atoms with Crippen LogP contribution in [0.3, 0.4) is 0 Å². The van der Waals surface area contributed by atoms with Crippen molar-refractivity contribution in [3.05, 3.63) is 106 Å². The van der Waals surface area contributed by atoms with E-state index in [2.05, 4.69) is 10.3 Å². The zero-order valence-electron chi connectivity index (χ0n) is 23.4. The number of rotatable bonds is 9. The molecule has 0 spiro atoms. The van der Waals surface area contributed by atoms with E-state index < -0.39 is 17.3 Å². The molecular formula is C32H29FN4O5. The van der Waals surface area contributed by atoms with E-state index in [1.807, 2.05) is 30.3 Å². The molecule has 0 unspecified atom stereocenters. The Hall–Kier alpha value is -4.96. The number of aromatic nitrogens is 3. The molecule has 3 aromatic carbocycles. The monoisotopic (exact) mass is 568 g/mol. The van der Waals surface area contributed by atoms with E-state index in [1.54, 1.807) is 56.2 Å². The summed E-state index contributed by atoms with van der Waals surface area (Å²) in [6.45, 7) is 2.15. The van der Waals surface area contributed by atoms with E-state index in [0.29, 0.717) is 40.4 Å². The lowest BCUT2D eigenvalue weighted by atomic mass is 10.2. The number of hydrogen-bond acceptors (Lipinski definition) is 6. The highest BCUT2D eigenvalue weighted by molar-refractivity contribution is 6.05. The summed E-state index contributed by atoms with van der Waals surface area (Å²) in [4.78, 5) is 30.7. The van der Waals surface area contributed by atoms with Crippen LogP contribution in [0.2, 0.25) is 0 Å². The molecule has 1 fully saturated rings. The van der Waals surface area contributed by atoms with Crippen LogP contribution < -0.4 is 20.3 Å². The highest BCUT2D eigenvalue weighted by Crippen LogP contribution is 2.39. The molecule has 2 aromatic heterocycles. The minimum atomic E-state index is -0.682. The van der Waals surface area contributed by atoms with E-state index in [0.717, 1.165) is 18.9 Å². The van der Waals surface area contributed by atoms with Crippen molar-refractivity contribution in [1.29, 1.82) is 0 Å². The van der Waals surface area contributed by atoms with Gasteiger partial charge in [-0.05, 0) is 62.2 Å². The van der Waals surface area contributed by atoms with Crippen molar-refractivity contribution < 1.29 is 23.4 Å². The van der Waals surface area contributed by atoms with Gasteiger partial charge in [0, 0.05) is 43.6 Å². The normalized spacial score (nSPS) is 13.6. The average Bonchev–Trinajstić information content (AvgIpc) is 3.74. The molecule has 2 heterocycles. The second-order valence-corrected chi connectivity index (χ2v) is 10.3. The fourth-order valence-corrected chi connectivity index (χ4v) is 4.85. The van der Waals surface area contributed by atoms with Gasteiger partial charge in [0.15, 0.2) is 11.6 Å². The van der Waals surface area contributed by atoms with Gasteiger partial charge in [0.05, 0.1) is 16.9 Å². The fraction of sp³-hybridized carbons (Fsp3) is 0.219. The summed E-state index contributed by atoms with van der Waals surface area (Å²) in [6.07, 6.45) is 3.53. The van der Waals surface area contributed by atoms with Crippen molar-refractivity contribution in [2.45, 2.75) is 25.4 Å². The maximum atomic E-state index is 15.2. The summed E-state index contributed by atoms with van der Waals surface area (Å²) >= 11 is 0. The first-order chi connectivity index (χ1) is 20.3. The van der Waals surface area contributed by atoms with Gasteiger partial charge in [0.25, 0.3) is 11.5 Å². The average molecular weight is 569 g/mol. The number of anilines is 1. The number of fused-ring (bicyclic) bond motifs is 1. The Morgan fingerprint density at radius 2 is 1.83 bits per heavy atom. The Labute approximate surface area is 241 Å². The molecule has 1 N–H and O–H groups in total. The first kappa shape index (κ1) is 27.2. The number of ether oxygens (including phenoxy) is 3. The van der Waals surface area contributed by atoms with Gasteiger partial charge < -0.3 is 19.5 Å². The van der Waals surface area contributed by atoms with E-state index in [4.69, 9.17) is 14.2 Å². The van der Waals surface area contributed by atoms with E-state index in [9.17, 15) is 9.59 Å². The summed E-state index contributed by atoms with van der Waals surface area (Å²) in [5.74, 6) is -0.269. The number of hydrogen-bond donors (Lipinski definition) is 1. The van der Waals surface area contributed by atoms with Crippen molar-refractivity contribution in [2.75, 3.05) is 19.0 Å². The molecule has 214 valence electrons. The number of carbonyl (C=O) groups is 1. The maximum absolute atomic E-state index is 15.2. The third-order valence-electron chi connectivity index (χ3n) is 7.61. The van der Waals surface area contributed by atoms with Crippen molar-refractivity contribution in [3.8, 4) is 22.9 Å². The molecule has 0 aliphatic heterocycles. The second kappa shape index (κ2) is 10.8. The minimum absolute atomic E-state index is 0.0248. The van der Waals surface area contributed by atoms with Crippen LogP contribution in [0.1, 0.15) is 28.9 Å². The fourth-order valence-electron chi connectivity index (χ4n) is 4.85. The Morgan fingerprint density at radius 1 is 1.05 bits per heavy atom. The Bertz CT molecular complexity index is 1860. The number of benzene rings is 3. The summed E-state index contributed by atoms with van der Waals surface area (Å²) in [5.41, 5.74) is 1.24. The number of carbonyl (C=O) groups excluding carboxylic acids is 1. The van der Waals surface area contributed by atoms with Crippen LogP contribution in [0, 0.1) is 12.7 Å². The quantitative estimate of drug-likeness (QED) is 0.242. The molecule has 1 aliphatic carbocycles. The molecule has 1 aliphatic rings. The second-order valence-electron chi connectivity index (χ2n) is 10.3. The van der Waals surface area contributed by atoms with Crippen LogP contribution in [-0.4, -0.2) is 39.6 Å². The zero-order chi connectivity index (χ0) is 29.4. The van der Waals surface area contributed by atoms with Crippen LogP contribution in [0.5, 0.6) is 17.2 Å². The molecule has 42 heavy (non-hydrogen) atoms. The van der Waals surface area contributed by atoms with Gasteiger partial charge in [0.1, 0.15) is 29.3 Å². The predicted octanol–water partition coefficient (Wildman–Crippen LogP) is 5.77. The molecule has 1 amide bonds. The topological polar surface area (TPSA) is 96.6 Å². The molecule has 5 aromatic rings. The molecule has 0 saturated heterocycles. The highest BCUT2D eigenvalue weighted by atomic mass is 19.1. The number of amides is 1. The molecule has 10 heteroatoms. The molecule has 0 atom stereocenters. The van der Waals surface area contributed by atoms with Gasteiger partial charge in [-0.1, -0.05) is 18.2 Å². The molecular weight excluding hydrogens is 539 g/mol. The third kappa shape index (κ3) is 5.12. The Balaban J connectivity index is 1.19. The van der Waals surface area contributed by atoms with Gasteiger partial charge in [-0.2, -0.15) is 0 Å². The van der Waals surface area contributed by atoms with Crippen molar-refractivity contribution in [3.63, 3.8) is 0 Å². The maximum Gasteiger partial charge on any atom is 0.284 e. The summed E-state index contributed by atoms with van der Waals surface area (Å²) in [5, 5.41) is 3.32. The van der Waals surface area contributed by atoms with Gasteiger partial charge in [-0.3, -0.25) is 19.3 Å². The highest BCUT2D eigenvalue weighted by Gasteiger charge is 2.44. The van der Waals surface area contributed by atoms with E-state index in [-0.39, 0.29) is 22.6 Å². The molecule has 0 radical (unpaired) electrons. The first-order valence-corrected chi connectivity index (χ1v) is 13.5. The number of halogens is 1. The number of pyridine rings is 1. The van der Waals surface area contributed by atoms with Crippen LogP contribution >= 0.6 is 0 Å². The molecule has 0 bridgehead atoms. The number of nitrogens with one attached hydrogen (secondary N) is 1. The predicted molar refractivity (Wildman–Crippen MR) is 156 cm³/mol. The van der Waals surface area contributed by atoms with Crippen molar-refractivity contribution in [1.82, 2.24) is 14.3 Å². The summed E-state index contributed by atoms with van der Waals surface area (Å²) in [6, 6.07) is 20.2. The summed E-state index contributed by atoms with van der Waals surface area (Å²) in [7, 11) is 3.39. The molecule has 1 saturated carbocycles. The smallest absolute Gasteiger partial charge is 0.284 e. The van der Waals surface area contributed by atoms with Crippen LogP contribution in [0.15, 0.2) is 83.8 Å². The Kier molecular flexibility index (Phi) is 6.99. The number of nitrogens with zero attached hydrogens (tertiary/aromatic N) is 3. The largest absolute Gasteiger partial charge is 0.491 e. The number of para-hydroxylation sites is 1. The Morgan fingerprint density at radius 3 is 2.55 bits per heavy atom. The van der Waals surface area contributed by atoms with Gasteiger partial charge in [0.2, 0.25) is 0 Å². The SMILES string of the molecule is COC1(COc2ccc3c(Oc4ccc(NC(=O)c5c(C)n(C)n(-c6ccccc6)c5=O)cc4F)ccnc3c2)CC1. The molecule has 6 rings (SSSR count). The zero-order valence-corrected chi connectivity index (χ0v) is 23.4. The van der Waals surface area contributed by atoms with Crippen LogP contribution in [0.4, 0.5) is 10.1 Å². The van der Waals surface area contributed by atoms with E-state index >= 15 is 4.39 Å². The number of methoxy groups -OCH3 is 1. The first-order valence-electron chi connectivity index (χ1n) is 13.5. The van der Waals surface area contributed by atoms with Crippen LogP contribution in [-0.2, 0) is 11.8 Å². The lowest BCUT2D eigenvalue weighted by Gasteiger charge is -2.15. The van der Waals surface area contributed by atoms with Gasteiger partial charge >= 0.3 is 0 Å². The third-order valence-corrected chi connectivity index (χ3v) is 7.61. The standard InChI is InChI=1S/C32H29FN4O5/c1-20-29(31(39)37(36(20)2)22-7-5-4-6-8-22)30(38)35-21-9-12-28(25(33)17-21)42-27-13-16-34-26-18-23(10-11-24(26)27)41-19-32(40-3)14-15-32/h4-13,16-18H,14-15,19H2,1-3H3,(H,35,38). The lowest BCUT2D eigenvalue weighted by Crippen LogP contribution is -2.25. The van der Waals surface area contributed by atoms with E-state index in [1.165, 1.54) is 16.8 Å². The lowest BCUT2D eigenvalue weighted by molar-refractivity contribution is 0.0370. The van der Waals surface area contributed by atoms with Crippen LogP contribution in [0.25, 0.3) is 16.6 Å².